The predicted molar refractivity (Wildman–Crippen MR) is 40.1 cm³/mol. The Balaban J connectivity index is 2.89. The van der Waals surface area contributed by atoms with Crippen LogP contribution in [-0.2, 0) is 9.53 Å². The highest BCUT2D eigenvalue weighted by atomic mass is 79.9. The van der Waals surface area contributed by atoms with E-state index in [9.17, 15) is 4.79 Å². The average Bonchev–Trinajstić information content (AvgIpc) is 2.10. The molecule has 0 spiro atoms. The lowest BCUT2D eigenvalue weighted by Gasteiger charge is -1.91. The maximum Gasteiger partial charge on any atom is 0.337 e. The number of cyclic esters (lactones) is 1. The summed E-state index contributed by atoms with van der Waals surface area (Å²) in [5.41, 5.74) is 0. The first-order valence-electron chi connectivity index (χ1n) is 2.14. The van der Waals surface area contributed by atoms with Gasteiger partial charge in [-0.25, -0.2) is 4.79 Å². The molecule has 48 valence electrons. The van der Waals surface area contributed by atoms with Crippen molar-refractivity contribution in [3.05, 3.63) is 21.3 Å². The molecule has 0 aromatic carbocycles. The summed E-state index contributed by atoms with van der Waals surface area (Å²) in [6, 6.07) is 0. The van der Waals surface area contributed by atoms with Crippen LogP contribution in [0.3, 0.4) is 0 Å². The van der Waals surface area contributed by atoms with E-state index in [1.807, 2.05) is 0 Å². The van der Waals surface area contributed by atoms with E-state index < -0.39 is 0 Å². The van der Waals surface area contributed by atoms with Gasteiger partial charge in [0.1, 0.15) is 0 Å². The van der Waals surface area contributed by atoms with E-state index in [1.165, 1.54) is 6.08 Å². The number of hydrogen-bond donors (Lipinski definition) is 0. The van der Waals surface area contributed by atoms with E-state index in [0.717, 1.165) is 0 Å². The molecule has 0 saturated heterocycles. The molecule has 2 nitrogen and oxygen atoms in total. The third-order valence-electron chi connectivity index (χ3n) is 0.790. The molecule has 0 aliphatic carbocycles. The molecular formula is C5H2Br2O2. The highest BCUT2D eigenvalue weighted by Crippen LogP contribution is 2.25. The third-order valence-corrected chi connectivity index (χ3v) is 1.83. The van der Waals surface area contributed by atoms with Gasteiger partial charge >= 0.3 is 5.97 Å². The monoisotopic (exact) mass is 254 g/mol. The van der Waals surface area contributed by atoms with Gasteiger partial charge in [-0.2, -0.15) is 0 Å². The Morgan fingerprint density at radius 1 is 1.78 bits per heavy atom. The molecule has 0 atom stereocenters. The molecular weight excluding hydrogens is 254 g/mol. The number of carbonyl (C=O) groups is 1. The fourth-order valence-electron chi connectivity index (χ4n) is 0.436. The minimum absolute atomic E-state index is 0.340. The van der Waals surface area contributed by atoms with E-state index in [4.69, 9.17) is 0 Å². The van der Waals surface area contributed by atoms with Crippen LogP contribution in [0.4, 0.5) is 0 Å². The van der Waals surface area contributed by atoms with Crippen molar-refractivity contribution >= 4 is 37.8 Å². The van der Waals surface area contributed by atoms with Crippen LogP contribution in [-0.4, -0.2) is 5.97 Å². The molecule has 0 amide bonds. The zero-order valence-electron chi connectivity index (χ0n) is 4.23. The van der Waals surface area contributed by atoms with Gasteiger partial charge in [-0.05, 0) is 15.9 Å². The Labute approximate surface area is 68.8 Å². The molecule has 0 aromatic rings. The van der Waals surface area contributed by atoms with Crippen LogP contribution >= 0.6 is 31.9 Å². The van der Waals surface area contributed by atoms with Gasteiger partial charge in [0.05, 0.1) is 4.48 Å². The number of carbonyl (C=O) groups excluding carboxylic acids is 1. The molecule has 0 saturated carbocycles. The topological polar surface area (TPSA) is 26.3 Å². The van der Waals surface area contributed by atoms with Crippen LogP contribution in [0, 0.1) is 0 Å². The molecule has 0 fully saturated rings. The van der Waals surface area contributed by atoms with Gasteiger partial charge in [0.25, 0.3) is 0 Å². The van der Waals surface area contributed by atoms with Gasteiger partial charge in [0.2, 0.25) is 0 Å². The van der Waals surface area contributed by atoms with E-state index in [0.29, 0.717) is 10.2 Å². The molecule has 1 aliphatic heterocycles. The lowest BCUT2D eigenvalue weighted by molar-refractivity contribution is -0.132. The summed E-state index contributed by atoms with van der Waals surface area (Å²) >= 11 is 6.16. The quantitative estimate of drug-likeness (QED) is 0.620. The summed E-state index contributed by atoms with van der Waals surface area (Å²) in [5.74, 6) is 0.174. The summed E-state index contributed by atoms with van der Waals surface area (Å²) in [4.78, 5) is 12.0. The first-order chi connectivity index (χ1) is 4.24. The van der Waals surface area contributed by atoms with Crippen LogP contribution in [0.15, 0.2) is 21.3 Å². The minimum atomic E-state index is -0.340. The second-order valence-electron chi connectivity index (χ2n) is 1.39. The van der Waals surface area contributed by atoms with Crippen molar-refractivity contribution in [2.75, 3.05) is 0 Å². The molecule has 0 radical (unpaired) electrons. The van der Waals surface area contributed by atoms with Crippen molar-refractivity contribution in [2.45, 2.75) is 0 Å². The van der Waals surface area contributed by atoms with Crippen LogP contribution in [0.2, 0.25) is 0 Å². The van der Waals surface area contributed by atoms with Crippen LogP contribution in [0.1, 0.15) is 0 Å². The molecule has 0 bridgehead atoms. The molecule has 1 heterocycles. The molecule has 0 N–H and O–H groups in total. The summed E-state index contributed by atoms with van der Waals surface area (Å²) in [7, 11) is 0. The SMILES string of the molecule is O=[14C]1C=C(Br)/C(=C/Br)O1. The van der Waals surface area contributed by atoms with E-state index in [-0.39, 0.29) is 5.97 Å². The van der Waals surface area contributed by atoms with E-state index >= 15 is 0 Å². The standard InChI is InChI=1S/C5H2Br2O2/c6-2-4-3(7)1-5(8)9-4/h1-2H/b4-2-/i5+2. The van der Waals surface area contributed by atoms with Crippen molar-refractivity contribution in [2.24, 2.45) is 0 Å². The van der Waals surface area contributed by atoms with Gasteiger partial charge in [-0.3, -0.25) is 0 Å². The molecule has 4 heteroatoms. The van der Waals surface area contributed by atoms with Crippen molar-refractivity contribution in [3.63, 3.8) is 0 Å². The van der Waals surface area contributed by atoms with Crippen LogP contribution in [0.5, 0.6) is 0 Å². The Kier molecular flexibility index (Phi) is 2.08. The van der Waals surface area contributed by atoms with E-state index in [2.05, 4.69) is 36.6 Å². The first kappa shape index (κ1) is 7.02. The minimum Gasteiger partial charge on any atom is -0.422 e. The Morgan fingerprint density at radius 3 is 2.67 bits per heavy atom. The maximum absolute atomic E-state index is 10.4. The molecule has 1 rings (SSSR count). The number of hydrogen-bond acceptors (Lipinski definition) is 2. The fraction of sp³-hybridized carbons (Fsp3) is 0. The highest BCUT2D eigenvalue weighted by molar-refractivity contribution is 9.12. The van der Waals surface area contributed by atoms with Crippen molar-refractivity contribution in [1.29, 1.82) is 0 Å². The second kappa shape index (κ2) is 2.66. The third kappa shape index (κ3) is 1.43. The summed E-state index contributed by atoms with van der Waals surface area (Å²) in [6.07, 6.45) is 1.37. The summed E-state index contributed by atoms with van der Waals surface area (Å²) < 4.78 is 5.33. The van der Waals surface area contributed by atoms with Gasteiger partial charge in [0, 0.05) is 11.1 Å². The number of ether oxygens (including phenoxy) is 1. The fourth-order valence-corrected chi connectivity index (χ4v) is 1.47. The average molecular weight is 256 g/mol. The lowest BCUT2D eigenvalue weighted by Crippen LogP contribution is -1.88. The Bertz CT molecular complexity index is 205. The van der Waals surface area contributed by atoms with Crippen LogP contribution in [0.25, 0.3) is 0 Å². The number of rotatable bonds is 0. The smallest absolute Gasteiger partial charge is 0.337 e. The van der Waals surface area contributed by atoms with Gasteiger partial charge in [-0.1, -0.05) is 15.9 Å². The van der Waals surface area contributed by atoms with Crippen molar-refractivity contribution < 1.29 is 9.53 Å². The molecule has 9 heavy (non-hydrogen) atoms. The molecule has 1 aliphatic rings. The Hall–Kier alpha value is -0.0900. The van der Waals surface area contributed by atoms with Crippen molar-refractivity contribution in [1.82, 2.24) is 0 Å². The largest absolute Gasteiger partial charge is 0.422 e. The number of halogens is 2. The van der Waals surface area contributed by atoms with Crippen molar-refractivity contribution in [3.8, 4) is 0 Å². The molecule has 0 unspecified atom stereocenters. The van der Waals surface area contributed by atoms with Crippen LogP contribution < -0.4 is 0 Å². The Morgan fingerprint density at radius 2 is 2.44 bits per heavy atom. The lowest BCUT2D eigenvalue weighted by atomic mass is 10.5. The molecule has 0 aromatic heterocycles. The summed E-state index contributed by atoms with van der Waals surface area (Å²) in [6.45, 7) is 0. The van der Waals surface area contributed by atoms with E-state index in [1.54, 1.807) is 4.99 Å². The predicted octanol–water partition coefficient (Wildman–Crippen LogP) is 2.06. The second-order valence-corrected chi connectivity index (χ2v) is 2.70. The zero-order valence-corrected chi connectivity index (χ0v) is 7.40. The first-order valence-corrected chi connectivity index (χ1v) is 3.84. The van der Waals surface area contributed by atoms with Gasteiger partial charge in [0.15, 0.2) is 5.76 Å². The number of allylic oxidation sites excluding steroid dienone is 1. The zero-order chi connectivity index (χ0) is 6.85. The highest BCUT2D eigenvalue weighted by Gasteiger charge is 2.16. The maximum atomic E-state index is 10.4. The normalized spacial score (nSPS) is 22.2. The van der Waals surface area contributed by atoms with Gasteiger partial charge in [-0.15, -0.1) is 0 Å². The van der Waals surface area contributed by atoms with Gasteiger partial charge < -0.3 is 4.74 Å². The number of esters is 1. The summed E-state index contributed by atoms with van der Waals surface area (Å²) in [5, 5.41) is 0.